The second-order valence-corrected chi connectivity index (χ2v) is 8.37. The second-order valence-electron chi connectivity index (χ2n) is 8.37. The van der Waals surface area contributed by atoms with Crippen LogP contribution in [0.25, 0.3) is 5.57 Å². The molecule has 0 fully saturated rings. The molecule has 2 aliphatic rings. The third-order valence-corrected chi connectivity index (χ3v) is 5.83. The van der Waals surface area contributed by atoms with Gasteiger partial charge in [-0.2, -0.15) is 10.3 Å². The molecule has 0 bridgehead atoms. The molecular formula is C27H20FN7O2. The molecule has 1 unspecified atom stereocenters. The number of benzene rings is 2. The summed E-state index contributed by atoms with van der Waals surface area (Å²) in [5.74, 6) is 0.0415. The van der Waals surface area contributed by atoms with Gasteiger partial charge in [0, 0.05) is 25.5 Å². The van der Waals surface area contributed by atoms with E-state index in [-0.39, 0.29) is 29.5 Å². The van der Waals surface area contributed by atoms with Gasteiger partial charge in [0.25, 0.3) is 5.91 Å². The number of hydrogen-bond acceptors (Lipinski definition) is 6. The largest absolute Gasteiger partial charge is 0.365 e. The van der Waals surface area contributed by atoms with Crippen LogP contribution in [0.15, 0.2) is 76.9 Å². The number of pyridine rings is 1. The molecule has 0 saturated carbocycles. The highest BCUT2D eigenvalue weighted by Gasteiger charge is 2.26. The number of fused-ring (bicyclic) bond motifs is 1. The number of anilines is 1. The molecule has 2 aliphatic heterocycles. The Bertz CT molecular complexity index is 1500. The highest BCUT2D eigenvalue weighted by atomic mass is 19.1. The van der Waals surface area contributed by atoms with Crippen LogP contribution >= 0.6 is 0 Å². The number of urea groups is 1. The van der Waals surface area contributed by atoms with E-state index < -0.39 is 11.9 Å². The van der Waals surface area contributed by atoms with Crippen molar-refractivity contribution >= 4 is 35.4 Å². The van der Waals surface area contributed by atoms with Crippen molar-refractivity contribution in [2.75, 3.05) is 5.32 Å². The molecule has 0 spiro atoms. The summed E-state index contributed by atoms with van der Waals surface area (Å²) >= 11 is 0. The molecule has 10 heteroatoms. The molecule has 9 nitrogen and oxygen atoms in total. The average molecular weight is 494 g/mol. The first-order valence-electron chi connectivity index (χ1n) is 11.4. The van der Waals surface area contributed by atoms with E-state index in [1.165, 1.54) is 24.4 Å². The number of rotatable bonds is 7. The Labute approximate surface area is 211 Å². The number of amidine groups is 1. The normalized spacial score (nSPS) is 15.7. The van der Waals surface area contributed by atoms with Gasteiger partial charge in [-0.1, -0.05) is 36.4 Å². The van der Waals surface area contributed by atoms with Gasteiger partial charge < -0.3 is 16.0 Å². The van der Waals surface area contributed by atoms with E-state index in [4.69, 9.17) is 0 Å². The van der Waals surface area contributed by atoms with E-state index in [2.05, 4.69) is 30.9 Å². The minimum absolute atomic E-state index is 0.202. The summed E-state index contributed by atoms with van der Waals surface area (Å²) in [6.45, 7) is 0.591. The minimum atomic E-state index is -0.405. The summed E-state index contributed by atoms with van der Waals surface area (Å²) in [6, 6.07) is 16.4. The number of nitrogens with zero attached hydrogens (tertiary/aromatic N) is 4. The smallest absolute Gasteiger partial charge is 0.343 e. The number of nitriles is 1. The summed E-state index contributed by atoms with van der Waals surface area (Å²) in [5, 5.41) is 17.9. The van der Waals surface area contributed by atoms with Crippen LogP contribution in [0, 0.1) is 17.1 Å². The summed E-state index contributed by atoms with van der Waals surface area (Å²) in [7, 11) is 0. The fourth-order valence-electron chi connectivity index (χ4n) is 3.88. The first-order valence-corrected chi connectivity index (χ1v) is 11.4. The van der Waals surface area contributed by atoms with Crippen molar-refractivity contribution in [3.63, 3.8) is 0 Å². The molecular weight excluding hydrogens is 473 g/mol. The van der Waals surface area contributed by atoms with Crippen LogP contribution < -0.4 is 16.0 Å². The van der Waals surface area contributed by atoms with Crippen LogP contribution in [0.4, 0.5) is 15.0 Å². The van der Waals surface area contributed by atoms with Crippen LogP contribution in [0.3, 0.4) is 0 Å². The summed E-state index contributed by atoms with van der Waals surface area (Å²) in [5.41, 5.74) is 3.99. The summed E-state index contributed by atoms with van der Waals surface area (Å²) in [6.07, 6.45) is 4.98. The monoisotopic (exact) mass is 493 g/mol. The number of nitrogens with one attached hydrogen (secondary N) is 3. The Morgan fingerprint density at radius 1 is 1.08 bits per heavy atom. The van der Waals surface area contributed by atoms with E-state index in [1.54, 1.807) is 18.3 Å². The lowest BCUT2D eigenvalue weighted by molar-refractivity contribution is 0.0951. The van der Waals surface area contributed by atoms with E-state index in [0.29, 0.717) is 18.2 Å². The molecule has 3 heterocycles. The number of hydrogen-bond donors (Lipinski definition) is 3. The van der Waals surface area contributed by atoms with Crippen molar-refractivity contribution in [3.05, 3.63) is 101 Å². The van der Waals surface area contributed by atoms with Crippen molar-refractivity contribution in [1.82, 2.24) is 15.6 Å². The van der Waals surface area contributed by atoms with Crippen LogP contribution in [0.2, 0.25) is 0 Å². The van der Waals surface area contributed by atoms with E-state index in [1.807, 2.05) is 36.4 Å². The summed E-state index contributed by atoms with van der Waals surface area (Å²) in [4.78, 5) is 36.6. The molecule has 182 valence electrons. The van der Waals surface area contributed by atoms with E-state index in [9.17, 15) is 19.2 Å². The molecule has 2 aromatic carbocycles. The third-order valence-electron chi connectivity index (χ3n) is 5.83. The van der Waals surface area contributed by atoms with Gasteiger partial charge in [-0.25, -0.2) is 19.2 Å². The lowest BCUT2D eigenvalue weighted by atomic mass is 10.0. The molecule has 3 N–H and O–H groups in total. The van der Waals surface area contributed by atoms with Crippen LogP contribution in [0.1, 0.15) is 32.6 Å². The number of aromatic nitrogens is 1. The van der Waals surface area contributed by atoms with Gasteiger partial charge >= 0.3 is 6.03 Å². The quantitative estimate of drug-likeness (QED) is 0.463. The molecule has 0 saturated heterocycles. The molecule has 1 atom stereocenters. The number of carbonyl (C=O) groups excluding carboxylic acids is 2. The van der Waals surface area contributed by atoms with Gasteiger partial charge in [-0.3, -0.25) is 4.79 Å². The molecule has 0 aliphatic carbocycles. The first kappa shape index (κ1) is 23.6. The van der Waals surface area contributed by atoms with Crippen molar-refractivity contribution in [1.29, 1.82) is 5.26 Å². The highest BCUT2D eigenvalue weighted by molar-refractivity contribution is 6.21. The zero-order chi connectivity index (χ0) is 25.8. The number of carbonyl (C=O) groups is 2. The Hall–Kier alpha value is -5.17. The summed E-state index contributed by atoms with van der Waals surface area (Å²) < 4.78 is 13.1. The third kappa shape index (κ3) is 5.41. The zero-order valence-corrected chi connectivity index (χ0v) is 19.4. The Kier molecular flexibility index (Phi) is 6.50. The highest BCUT2D eigenvalue weighted by Crippen LogP contribution is 2.21. The maximum absolute atomic E-state index is 13.1. The van der Waals surface area contributed by atoms with Crippen molar-refractivity contribution in [3.8, 4) is 6.07 Å². The lowest BCUT2D eigenvalue weighted by Gasteiger charge is -2.14. The van der Waals surface area contributed by atoms with Crippen molar-refractivity contribution in [2.45, 2.75) is 19.1 Å². The lowest BCUT2D eigenvalue weighted by Crippen LogP contribution is -2.31. The van der Waals surface area contributed by atoms with Crippen LogP contribution in [-0.4, -0.2) is 35.0 Å². The van der Waals surface area contributed by atoms with Gasteiger partial charge in [0.15, 0.2) is 5.84 Å². The predicted molar refractivity (Wildman–Crippen MR) is 137 cm³/mol. The van der Waals surface area contributed by atoms with Gasteiger partial charge in [0.1, 0.15) is 23.7 Å². The molecule has 0 radical (unpaired) electrons. The Morgan fingerprint density at radius 3 is 2.57 bits per heavy atom. The fraction of sp³-hybridized carbons (Fsp3) is 0.111. The standard InChI is InChI=1S/C27H20FN7O2/c28-21-7-3-17(4-8-21)13-33-26(36)22-9-18(11-29)14-31-24(22)30-12-16-1-5-19(6-2-16)20-10-23-25(32-15-20)35-27(37)34-23/h1-10,14-15,23H,12-13H2,(H,30,31)(H,33,36)(H,34,37). The Balaban J connectivity index is 1.25. The number of amides is 3. The van der Waals surface area contributed by atoms with E-state index in [0.717, 1.165) is 22.3 Å². The maximum Gasteiger partial charge on any atom is 0.343 e. The molecule has 3 aromatic rings. The average Bonchev–Trinajstić information content (AvgIpc) is 3.31. The minimum Gasteiger partial charge on any atom is -0.365 e. The molecule has 5 rings (SSSR count). The van der Waals surface area contributed by atoms with Gasteiger partial charge in [-0.15, -0.1) is 0 Å². The number of dihydropyridines is 1. The number of aliphatic imine (C=N–C) groups is 2. The first-order chi connectivity index (χ1) is 18.0. The number of halogens is 1. The zero-order valence-electron chi connectivity index (χ0n) is 19.4. The van der Waals surface area contributed by atoms with Crippen molar-refractivity contribution < 1.29 is 14.0 Å². The SMILES string of the molecule is N#Cc1cnc(NCc2ccc(C3=CC4NC(=O)N=C4N=C3)cc2)c(C(=O)NCc2ccc(F)cc2)c1. The maximum atomic E-state index is 13.1. The molecule has 1 aromatic heterocycles. The van der Waals surface area contributed by atoms with E-state index >= 15 is 0 Å². The van der Waals surface area contributed by atoms with Gasteiger partial charge in [0.2, 0.25) is 0 Å². The van der Waals surface area contributed by atoms with Crippen LogP contribution in [0.5, 0.6) is 0 Å². The topological polar surface area (TPSA) is 132 Å². The Morgan fingerprint density at radius 2 is 1.81 bits per heavy atom. The molecule has 37 heavy (non-hydrogen) atoms. The fourth-order valence-corrected chi connectivity index (χ4v) is 3.88. The number of allylic oxidation sites excluding steroid dienone is 1. The van der Waals surface area contributed by atoms with Crippen molar-refractivity contribution in [2.24, 2.45) is 9.98 Å². The van der Waals surface area contributed by atoms with Crippen LogP contribution in [-0.2, 0) is 13.1 Å². The predicted octanol–water partition coefficient (Wildman–Crippen LogP) is 3.59. The molecule has 3 amide bonds. The van der Waals surface area contributed by atoms with Gasteiger partial charge in [0.05, 0.1) is 11.1 Å². The second kappa shape index (κ2) is 10.2. The van der Waals surface area contributed by atoms with Gasteiger partial charge in [-0.05, 0) is 46.5 Å².